The number of sulfonamides is 1. The Balaban J connectivity index is 1.80. The SMILES string of the molecule is CCOC(=O)c1cnc(NS(=O)(=O)c2cc(C3CC3)nn2C)[nH]1. The molecule has 1 saturated carbocycles. The molecule has 1 aliphatic carbocycles. The van der Waals surface area contributed by atoms with Gasteiger partial charge in [0.2, 0.25) is 5.95 Å². The van der Waals surface area contributed by atoms with E-state index < -0.39 is 16.0 Å². The number of hydrogen-bond donors (Lipinski definition) is 2. The van der Waals surface area contributed by atoms with Crippen LogP contribution in [0.15, 0.2) is 17.3 Å². The van der Waals surface area contributed by atoms with Crippen LogP contribution in [0.2, 0.25) is 0 Å². The third kappa shape index (κ3) is 3.21. The first-order chi connectivity index (χ1) is 10.9. The molecule has 0 bridgehead atoms. The molecule has 0 aliphatic heterocycles. The quantitative estimate of drug-likeness (QED) is 0.758. The fourth-order valence-electron chi connectivity index (χ4n) is 2.17. The van der Waals surface area contributed by atoms with Crippen molar-refractivity contribution in [2.75, 3.05) is 11.3 Å². The van der Waals surface area contributed by atoms with Crippen LogP contribution in [0.5, 0.6) is 0 Å². The van der Waals surface area contributed by atoms with Gasteiger partial charge in [-0.2, -0.15) is 13.5 Å². The molecule has 0 atom stereocenters. The van der Waals surface area contributed by atoms with E-state index in [-0.39, 0.29) is 23.3 Å². The van der Waals surface area contributed by atoms with E-state index >= 15 is 0 Å². The summed E-state index contributed by atoms with van der Waals surface area (Å²) in [5.41, 5.74) is 0.854. The number of carbonyl (C=O) groups excluding carboxylic acids is 1. The summed E-state index contributed by atoms with van der Waals surface area (Å²) < 4.78 is 33.3. The summed E-state index contributed by atoms with van der Waals surface area (Å²) >= 11 is 0. The van der Waals surface area contributed by atoms with Gasteiger partial charge in [-0.15, -0.1) is 0 Å². The van der Waals surface area contributed by atoms with Crippen molar-refractivity contribution in [2.24, 2.45) is 7.05 Å². The zero-order valence-corrected chi connectivity index (χ0v) is 13.6. The molecule has 0 unspecified atom stereocenters. The molecule has 2 aromatic rings. The number of hydrogen-bond acceptors (Lipinski definition) is 6. The number of nitrogens with one attached hydrogen (secondary N) is 2. The maximum absolute atomic E-state index is 12.4. The van der Waals surface area contributed by atoms with Crippen molar-refractivity contribution in [3.05, 3.63) is 23.7 Å². The van der Waals surface area contributed by atoms with E-state index in [9.17, 15) is 13.2 Å². The summed E-state index contributed by atoms with van der Waals surface area (Å²) in [5, 5.41) is 4.28. The lowest BCUT2D eigenvalue weighted by atomic mass is 10.3. The molecule has 0 radical (unpaired) electrons. The molecule has 10 heteroatoms. The van der Waals surface area contributed by atoms with Gasteiger partial charge in [0.25, 0.3) is 10.0 Å². The Labute approximate surface area is 133 Å². The molecule has 0 amide bonds. The molecule has 0 aromatic carbocycles. The summed E-state index contributed by atoms with van der Waals surface area (Å²) in [7, 11) is -2.27. The molecular weight excluding hydrogens is 322 g/mol. The first-order valence-corrected chi connectivity index (χ1v) is 8.68. The predicted octanol–water partition coefficient (Wildman–Crippen LogP) is 0.998. The Hall–Kier alpha value is -2.36. The molecule has 2 aromatic heterocycles. The average molecular weight is 339 g/mol. The van der Waals surface area contributed by atoms with Gasteiger partial charge in [-0.3, -0.25) is 4.68 Å². The second kappa shape index (κ2) is 5.69. The van der Waals surface area contributed by atoms with Crippen LogP contribution in [0.1, 0.15) is 41.9 Å². The zero-order valence-electron chi connectivity index (χ0n) is 12.7. The fourth-order valence-corrected chi connectivity index (χ4v) is 3.29. The van der Waals surface area contributed by atoms with Gasteiger partial charge in [0, 0.05) is 19.0 Å². The summed E-state index contributed by atoms with van der Waals surface area (Å²) in [6, 6.07) is 1.56. The number of aromatic amines is 1. The minimum Gasteiger partial charge on any atom is -0.461 e. The predicted molar refractivity (Wildman–Crippen MR) is 80.5 cm³/mol. The molecule has 1 aliphatic rings. The van der Waals surface area contributed by atoms with Crippen molar-refractivity contribution in [2.45, 2.75) is 30.7 Å². The first-order valence-electron chi connectivity index (χ1n) is 7.19. The molecule has 2 N–H and O–H groups in total. The van der Waals surface area contributed by atoms with Gasteiger partial charge >= 0.3 is 5.97 Å². The van der Waals surface area contributed by atoms with Crippen LogP contribution in [0, 0.1) is 0 Å². The lowest BCUT2D eigenvalue weighted by Crippen LogP contribution is -2.17. The first kappa shape index (κ1) is 15.5. The number of aryl methyl sites for hydroxylation is 1. The van der Waals surface area contributed by atoms with Gasteiger partial charge in [-0.25, -0.2) is 14.5 Å². The number of carbonyl (C=O) groups is 1. The highest BCUT2D eigenvalue weighted by Gasteiger charge is 2.30. The topological polar surface area (TPSA) is 119 Å². The highest BCUT2D eigenvalue weighted by molar-refractivity contribution is 7.92. The maximum atomic E-state index is 12.4. The number of rotatable bonds is 6. The van der Waals surface area contributed by atoms with E-state index in [0.29, 0.717) is 5.92 Å². The third-order valence-corrected chi connectivity index (χ3v) is 4.82. The second-order valence-corrected chi connectivity index (χ2v) is 6.91. The standard InChI is InChI=1S/C13H17N5O4S/c1-3-22-12(19)10-7-14-13(15-10)17-23(20,21)11-6-9(8-4-5-8)16-18(11)2/h6-8H,3-5H2,1-2H3,(H2,14,15,17). The number of esters is 1. The summed E-state index contributed by atoms with van der Waals surface area (Å²) in [6.45, 7) is 1.90. The number of imidazole rings is 1. The van der Waals surface area contributed by atoms with Crippen molar-refractivity contribution in [1.82, 2.24) is 19.7 Å². The van der Waals surface area contributed by atoms with Gasteiger partial charge in [0.15, 0.2) is 5.03 Å². The highest BCUT2D eigenvalue weighted by Crippen LogP contribution is 2.39. The number of ether oxygens (including phenoxy) is 1. The van der Waals surface area contributed by atoms with Crippen molar-refractivity contribution in [3.63, 3.8) is 0 Å². The Morgan fingerprint density at radius 1 is 1.52 bits per heavy atom. The van der Waals surface area contributed by atoms with Crippen molar-refractivity contribution >= 4 is 21.9 Å². The van der Waals surface area contributed by atoms with Crippen LogP contribution < -0.4 is 4.72 Å². The summed E-state index contributed by atoms with van der Waals surface area (Å²) in [6.07, 6.45) is 3.28. The summed E-state index contributed by atoms with van der Waals surface area (Å²) in [4.78, 5) is 18.0. The number of aromatic nitrogens is 4. The molecule has 124 valence electrons. The lowest BCUT2D eigenvalue weighted by Gasteiger charge is -2.04. The minimum absolute atomic E-state index is 0.0495. The van der Waals surface area contributed by atoms with E-state index in [4.69, 9.17) is 4.74 Å². The van der Waals surface area contributed by atoms with Crippen LogP contribution in [-0.2, 0) is 21.8 Å². The largest absolute Gasteiger partial charge is 0.461 e. The monoisotopic (exact) mass is 339 g/mol. The van der Waals surface area contributed by atoms with Crippen LogP contribution in [0.3, 0.4) is 0 Å². The highest BCUT2D eigenvalue weighted by atomic mass is 32.2. The van der Waals surface area contributed by atoms with Gasteiger partial charge in [0.1, 0.15) is 5.69 Å². The van der Waals surface area contributed by atoms with Crippen molar-refractivity contribution < 1.29 is 17.9 Å². The van der Waals surface area contributed by atoms with Crippen LogP contribution >= 0.6 is 0 Å². The van der Waals surface area contributed by atoms with Crippen molar-refractivity contribution in [3.8, 4) is 0 Å². The Morgan fingerprint density at radius 2 is 2.26 bits per heavy atom. The van der Waals surface area contributed by atoms with Crippen LogP contribution in [-0.4, -0.2) is 40.7 Å². The maximum Gasteiger partial charge on any atom is 0.356 e. The van der Waals surface area contributed by atoms with E-state index in [1.807, 2.05) is 0 Å². The van der Waals surface area contributed by atoms with E-state index in [0.717, 1.165) is 18.5 Å². The number of anilines is 1. The van der Waals surface area contributed by atoms with E-state index in [1.165, 1.54) is 10.9 Å². The number of nitrogens with zero attached hydrogens (tertiary/aromatic N) is 3. The smallest absolute Gasteiger partial charge is 0.356 e. The molecule has 2 heterocycles. The molecule has 3 rings (SSSR count). The van der Waals surface area contributed by atoms with Crippen LogP contribution in [0.4, 0.5) is 5.95 Å². The molecule has 9 nitrogen and oxygen atoms in total. The molecule has 0 spiro atoms. The molecule has 1 fully saturated rings. The Bertz CT molecular complexity index is 834. The lowest BCUT2D eigenvalue weighted by molar-refractivity contribution is 0.0520. The van der Waals surface area contributed by atoms with Crippen LogP contribution in [0.25, 0.3) is 0 Å². The van der Waals surface area contributed by atoms with E-state index in [2.05, 4.69) is 19.8 Å². The normalized spacial score (nSPS) is 14.7. The second-order valence-electron chi connectivity index (χ2n) is 5.28. The van der Waals surface area contributed by atoms with E-state index in [1.54, 1.807) is 20.0 Å². The molecular formula is C13H17N5O4S. The number of H-pyrrole nitrogens is 1. The molecule has 23 heavy (non-hydrogen) atoms. The third-order valence-electron chi connectivity index (χ3n) is 3.43. The fraction of sp³-hybridized carbons (Fsp3) is 0.462. The zero-order chi connectivity index (χ0) is 16.6. The average Bonchev–Trinajstić information content (AvgIpc) is 3.10. The van der Waals surface area contributed by atoms with Gasteiger partial charge in [0.05, 0.1) is 18.5 Å². The summed E-state index contributed by atoms with van der Waals surface area (Å²) in [5.74, 6) is -0.298. The molecule has 0 saturated heterocycles. The van der Waals surface area contributed by atoms with Gasteiger partial charge in [-0.1, -0.05) is 0 Å². The van der Waals surface area contributed by atoms with Crippen molar-refractivity contribution in [1.29, 1.82) is 0 Å². The Kier molecular flexibility index (Phi) is 3.84. The Morgan fingerprint density at radius 3 is 2.91 bits per heavy atom. The minimum atomic E-state index is -3.85. The van der Waals surface area contributed by atoms with Gasteiger partial charge in [-0.05, 0) is 19.8 Å². The van der Waals surface area contributed by atoms with Gasteiger partial charge < -0.3 is 9.72 Å².